The summed E-state index contributed by atoms with van der Waals surface area (Å²) in [5, 5.41) is 2.80. The highest BCUT2D eigenvalue weighted by molar-refractivity contribution is 9.11. The topological polar surface area (TPSA) is 46.2 Å². The molecule has 0 aromatic carbocycles. The van der Waals surface area contributed by atoms with Crippen LogP contribution in [0.4, 0.5) is 0 Å². The third-order valence-electron chi connectivity index (χ3n) is 2.52. The number of hydrogen-bond acceptors (Lipinski definition) is 4. The zero-order valence-electron chi connectivity index (χ0n) is 10.3. The predicted molar refractivity (Wildman–Crippen MR) is 86.8 cm³/mol. The maximum atomic E-state index is 11.8. The number of Topliss-reactive ketones (excluding diaryl/α,β-unsaturated/α-hetero) is 1. The average Bonchev–Trinajstić information content (AvgIpc) is 3.02. The highest BCUT2D eigenvalue weighted by Gasteiger charge is 2.11. The van der Waals surface area contributed by atoms with E-state index < -0.39 is 0 Å². The van der Waals surface area contributed by atoms with E-state index in [2.05, 4.69) is 21.2 Å². The summed E-state index contributed by atoms with van der Waals surface area (Å²) >= 11 is 12.0. The number of carbonyl (C=O) groups excluding carboxylic acids is 2. The van der Waals surface area contributed by atoms with Gasteiger partial charge < -0.3 is 5.32 Å². The molecule has 0 fully saturated rings. The number of rotatable bonds is 6. The minimum absolute atomic E-state index is 0.0454. The van der Waals surface area contributed by atoms with Crippen molar-refractivity contribution >= 4 is 61.9 Å². The summed E-state index contributed by atoms with van der Waals surface area (Å²) in [6.45, 7) is 0.494. The van der Waals surface area contributed by atoms with Gasteiger partial charge in [0.15, 0.2) is 5.78 Å². The summed E-state index contributed by atoms with van der Waals surface area (Å²) in [6.07, 6.45) is 0.401. The molecule has 0 saturated carbocycles. The van der Waals surface area contributed by atoms with Crippen molar-refractivity contribution in [2.24, 2.45) is 0 Å². The first-order valence-electron chi connectivity index (χ1n) is 5.84. The van der Waals surface area contributed by atoms with E-state index in [1.807, 2.05) is 12.1 Å². The Morgan fingerprint density at radius 3 is 2.55 bits per heavy atom. The average molecular weight is 393 g/mol. The molecule has 106 valence electrons. The molecule has 1 amide bonds. The van der Waals surface area contributed by atoms with Crippen LogP contribution in [0.3, 0.4) is 0 Å². The van der Waals surface area contributed by atoms with Crippen LogP contribution in [0.5, 0.6) is 0 Å². The third-order valence-corrected chi connectivity index (χ3v) is 5.41. The van der Waals surface area contributed by atoms with Gasteiger partial charge in [-0.15, -0.1) is 22.7 Å². The Kier molecular flexibility index (Phi) is 5.77. The fraction of sp³-hybridized carbons (Fsp3) is 0.231. The second-order valence-corrected chi connectivity index (χ2v) is 8.27. The molecule has 0 unspecified atom stereocenters. The molecule has 1 N–H and O–H groups in total. The molecular weight excluding hydrogens is 382 g/mol. The smallest absolute Gasteiger partial charge is 0.220 e. The molecule has 2 rings (SSSR count). The van der Waals surface area contributed by atoms with Crippen LogP contribution >= 0.6 is 50.2 Å². The molecule has 0 atom stereocenters. The molecule has 0 aliphatic rings. The van der Waals surface area contributed by atoms with Crippen molar-refractivity contribution in [1.82, 2.24) is 5.32 Å². The van der Waals surface area contributed by atoms with Crippen LogP contribution in [0.25, 0.3) is 0 Å². The second-order valence-electron chi connectivity index (χ2n) is 4.01. The molecule has 20 heavy (non-hydrogen) atoms. The van der Waals surface area contributed by atoms with E-state index in [0.717, 1.165) is 8.66 Å². The summed E-state index contributed by atoms with van der Waals surface area (Å²) in [7, 11) is 0. The number of thiophene rings is 2. The van der Waals surface area contributed by atoms with Gasteiger partial charge in [0.1, 0.15) is 0 Å². The van der Waals surface area contributed by atoms with Gasteiger partial charge in [-0.2, -0.15) is 0 Å². The van der Waals surface area contributed by atoms with E-state index in [0.29, 0.717) is 15.8 Å². The Balaban J connectivity index is 1.73. The van der Waals surface area contributed by atoms with Gasteiger partial charge in [-0.25, -0.2) is 0 Å². The Morgan fingerprint density at radius 2 is 1.95 bits per heavy atom. The van der Waals surface area contributed by atoms with Gasteiger partial charge in [0, 0.05) is 17.7 Å². The van der Waals surface area contributed by atoms with Crippen LogP contribution in [-0.2, 0) is 11.3 Å². The maximum absolute atomic E-state index is 11.8. The molecule has 2 aromatic heterocycles. The molecular formula is C13H11BrClNO2S2. The van der Waals surface area contributed by atoms with E-state index in [1.165, 1.54) is 11.3 Å². The lowest BCUT2D eigenvalue weighted by Crippen LogP contribution is -2.22. The summed E-state index contributed by atoms with van der Waals surface area (Å²) in [5.74, 6) is -0.165. The molecule has 0 radical (unpaired) electrons. The molecule has 7 heteroatoms. The predicted octanol–water partition coefficient (Wildman–Crippen LogP) is 4.50. The van der Waals surface area contributed by atoms with Gasteiger partial charge in [-0.3, -0.25) is 9.59 Å². The van der Waals surface area contributed by atoms with E-state index in [-0.39, 0.29) is 24.5 Å². The number of carbonyl (C=O) groups is 2. The molecule has 0 saturated heterocycles. The lowest BCUT2D eigenvalue weighted by Gasteiger charge is -2.02. The van der Waals surface area contributed by atoms with Crippen molar-refractivity contribution in [1.29, 1.82) is 0 Å². The van der Waals surface area contributed by atoms with Gasteiger partial charge in [-0.05, 0) is 40.2 Å². The van der Waals surface area contributed by atoms with E-state index in [1.54, 1.807) is 23.5 Å². The monoisotopic (exact) mass is 391 g/mol. The largest absolute Gasteiger partial charge is 0.351 e. The van der Waals surface area contributed by atoms with Crippen molar-refractivity contribution in [2.75, 3.05) is 0 Å². The number of hydrogen-bond donors (Lipinski definition) is 1. The van der Waals surface area contributed by atoms with Crippen molar-refractivity contribution in [3.8, 4) is 0 Å². The van der Waals surface area contributed by atoms with Gasteiger partial charge in [0.05, 0.1) is 19.5 Å². The van der Waals surface area contributed by atoms with E-state index in [4.69, 9.17) is 11.6 Å². The Hall–Kier alpha value is -0.690. The zero-order valence-corrected chi connectivity index (χ0v) is 14.3. The summed E-state index contributed by atoms with van der Waals surface area (Å²) in [5.41, 5.74) is 0. The van der Waals surface area contributed by atoms with Gasteiger partial charge in [0.25, 0.3) is 0 Å². The fourth-order valence-corrected chi connectivity index (χ4v) is 3.97. The van der Waals surface area contributed by atoms with Crippen LogP contribution in [0.15, 0.2) is 28.1 Å². The highest BCUT2D eigenvalue weighted by atomic mass is 79.9. The quantitative estimate of drug-likeness (QED) is 0.735. The first-order valence-corrected chi connectivity index (χ1v) is 8.64. The standard InChI is InChI=1S/C13H11BrClNO2S2/c14-11-4-1-8(19-11)7-16-13(18)6-2-9(17)10-3-5-12(15)20-10/h1,3-5H,2,6-7H2,(H,16,18). The Morgan fingerprint density at radius 1 is 1.15 bits per heavy atom. The van der Waals surface area contributed by atoms with Crippen LogP contribution in [0, 0.1) is 0 Å². The first-order chi connectivity index (χ1) is 9.54. The van der Waals surface area contributed by atoms with Gasteiger partial charge >= 0.3 is 0 Å². The van der Waals surface area contributed by atoms with Crippen LogP contribution in [-0.4, -0.2) is 11.7 Å². The van der Waals surface area contributed by atoms with Crippen LogP contribution in [0.1, 0.15) is 27.4 Å². The van der Waals surface area contributed by atoms with Crippen LogP contribution in [0.2, 0.25) is 4.34 Å². The number of nitrogens with one attached hydrogen (secondary N) is 1. The molecule has 3 nitrogen and oxygen atoms in total. The Labute approximate surface area is 138 Å². The van der Waals surface area contributed by atoms with Crippen LogP contribution < -0.4 is 5.32 Å². The maximum Gasteiger partial charge on any atom is 0.220 e. The minimum atomic E-state index is -0.120. The third kappa shape index (κ3) is 4.70. The number of ketones is 1. The minimum Gasteiger partial charge on any atom is -0.351 e. The highest BCUT2D eigenvalue weighted by Crippen LogP contribution is 2.23. The summed E-state index contributed by atoms with van der Waals surface area (Å²) in [6, 6.07) is 7.27. The molecule has 2 heterocycles. The lowest BCUT2D eigenvalue weighted by molar-refractivity contribution is -0.121. The van der Waals surface area contributed by atoms with Crippen molar-refractivity contribution in [3.63, 3.8) is 0 Å². The van der Waals surface area contributed by atoms with E-state index in [9.17, 15) is 9.59 Å². The normalized spacial score (nSPS) is 10.5. The number of halogens is 2. The molecule has 0 aliphatic carbocycles. The Bertz CT molecular complexity index is 623. The molecule has 0 bridgehead atoms. The van der Waals surface area contributed by atoms with Crippen molar-refractivity contribution in [2.45, 2.75) is 19.4 Å². The molecule has 0 aliphatic heterocycles. The van der Waals surface area contributed by atoms with Gasteiger partial charge in [-0.1, -0.05) is 11.6 Å². The first kappa shape index (κ1) is 15.7. The second kappa shape index (κ2) is 7.36. The van der Waals surface area contributed by atoms with E-state index >= 15 is 0 Å². The lowest BCUT2D eigenvalue weighted by atomic mass is 10.2. The van der Waals surface area contributed by atoms with Crippen molar-refractivity contribution in [3.05, 3.63) is 42.1 Å². The fourth-order valence-electron chi connectivity index (χ4n) is 1.54. The number of amides is 1. The molecule has 0 spiro atoms. The molecule has 2 aromatic rings. The summed E-state index contributed by atoms with van der Waals surface area (Å²) in [4.78, 5) is 25.2. The SMILES string of the molecule is O=C(CCC(=O)c1ccc(Cl)s1)NCc1ccc(Br)s1. The summed E-state index contributed by atoms with van der Waals surface area (Å²) < 4.78 is 1.62. The van der Waals surface area contributed by atoms with Gasteiger partial charge in [0.2, 0.25) is 5.91 Å². The zero-order chi connectivity index (χ0) is 14.5. The van der Waals surface area contributed by atoms with Crippen molar-refractivity contribution < 1.29 is 9.59 Å².